The highest BCUT2D eigenvalue weighted by molar-refractivity contribution is 7.12. The van der Waals surface area contributed by atoms with Gasteiger partial charge in [-0.25, -0.2) is 38.1 Å². The Morgan fingerprint density at radius 1 is 0.584 bits per heavy atom. The standard InChI is InChI=1S/C27H29ClN6O.C25H24F2N6O.C23H21F2N5OS/c1-14-5-8-19-21(9-14)16(3)35-23-10-18(12-30-27(23)29)25-20(11-22-24(19)32-33(4)26(22)28)15(2)31-34(25)13-17-6-7-17;1-14-2-5-21-18(6-14)13-34-22-8-17(10-29-25(22)28)23-16(11-30-32(23)12-15-3-4-15)7-19-9-20(24(26)27)31-33(19)21;1-11-4-5-16-17(6-11)12(2)31-18-7-14(9-27-22(18)26)21-15(10-28-30(21)23(24)25)8-19-20(16)29-13(3)32-19/h5,8-10,12,16-17H,6-7,11,13H2,1-4H3,(H2,29,30);2,5-6,8-11,15,24H,3-4,7,12-13H2,1H3,(H2,28,29);4-7,9-10,12,23H,8H2,1-3H3,(H2,26,27). The van der Waals surface area contributed by atoms with Gasteiger partial charge >= 0.3 is 6.55 Å². The molecule has 20 nitrogen and oxygen atoms in total. The number of nitrogens with zero attached hydrogens (tertiary/aromatic N) is 14. The minimum absolute atomic E-state index is 0.196. The summed E-state index contributed by atoms with van der Waals surface area (Å²) in [6.07, 6.45) is 11.3. The maximum atomic E-state index is 13.8. The number of halogens is 5. The number of rotatable bonds is 6. The van der Waals surface area contributed by atoms with Gasteiger partial charge in [-0.1, -0.05) is 76.8 Å². The summed E-state index contributed by atoms with van der Waals surface area (Å²) in [7, 11) is 1.89. The van der Waals surface area contributed by atoms with Crippen LogP contribution in [0.1, 0.15) is 147 Å². The van der Waals surface area contributed by atoms with E-state index in [9.17, 15) is 17.6 Å². The number of alkyl halides is 4. The van der Waals surface area contributed by atoms with Gasteiger partial charge in [0.05, 0.1) is 57.3 Å². The molecule has 6 bridgehead atoms. The Hall–Kier alpha value is -10.4. The molecule has 9 aromatic heterocycles. The zero-order valence-electron chi connectivity index (χ0n) is 56.9. The van der Waals surface area contributed by atoms with Gasteiger partial charge in [0.25, 0.3) is 6.43 Å². The number of pyridine rings is 3. The lowest BCUT2D eigenvalue weighted by Crippen LogP contribution is -2.11. The monoisotopic (exact) mass is 1400 g/mol. The fraction of sp³-hybridized carbons (Fsp3) is 0.320. The molecule has 17 rings (SSSR count). The van der Waals surface area contributed by atoms with Crippen molar-refractivity contribution in [3.8, 4) is 79.2 Å². The summed E-state index contributed by atoms with van der Waals surface area (Å²) in [5.41, 5.74) is 38.6. The number of aromatic nitrogens is 14. The Balaban J connectivity index is 0.000000123. The van der Waals surface area contributed by atoms with Gasteiger partial charge < -0.3 is 31.4 Å². The van der Waals surface area contributed by atoms with E-state index in [1.54, 1.807) is 33.0 Å². The highest BCUT2D eigenvalue weighted by Crippen LogP contribution is 2.45. The molecule has 2 saturated carbocycles. The largest absolute Gasteiger partial charge is 0.485 e. The minimum atomic E-state index is -2.79. The second kappa shape index (κ2) is 26.6. The molecule has 26 heteroatoms. The number of anilines is 3. The van der Waals surface area contributed by atoms with Crippen LogP contribution in [-0.2, 0) is 46.0 Å². The highest BCUT2D eigenvalue weighted by Gasteiger charge is 2.33. The van der Waals surface area contributed by atoms with Crippen molar-refractivity contribution >= 4 is 40.4 Å². The van der Waals surface area contributed by atoms with E-state index in [1.165, 1.54) is 44.1 Å². The van der Waals surface area contributed by atoms with Crippen molar-refractivity contribution in [1.29, 1.82) is 0 Å². The van der Waals surface area contributed by atoms with Crippen LogP contribution in [0.15, 0.2) is 110 Å². The van der Waals surface area contributed by atoms with Gasteiger partial charge in [-0.05, 0) is 116 Å². The lowest BCUT2D eigenvalue weighted by molar-refractivity contribution is 0.0584. The van der Waals surface area contributed by atoms with E-state index in [4.69, 9.17) is 58.2 Å². The fourth-order valence-corrected chi connectivity index (χ4v) is 14.9. The molecule has 2 aliphatic carbocycles. The SMILES string of the molecule is Cc1ccc2c(c1)C(C)Oc1cc(cnc1N)-c1c(c(C)nn1CC1CC1)Cc1c-2nn(C)c1Cl.Cc1ccc2c(c1)C(C)Oc1cc(cnc1N)-c1c(cnn1C(F)F)Cc1sc(C)nc1-2.Cc1ccc2c(c1)COc1cc(cnc1N)-c1c(cnn1CC1CC1)Cc1cc(C(F)F)nn1-2. The fourth-order valence-electron chi connectivity index (χ4n) is 13.8. The zero-order chi connectivity index (χ0) is 70.4. The predicted octanol–water partition coefficient (Wildman–Crippen LogP) is 16.2. The summed E-state index contributed by atoms with van der Waals surface area (Å²) < 4.78 is 82.0. The Labute approximate surface area is 589 Å². The number of aryl methyl sites for hydroxylation is 6. The average Bonchev–Trinajstić information content (AvgIpc) is 1.65. The number of ether oxygens (including phenoxy) is 3. The van der Waals surface area contributed by atoms with Crippen LogP contribution in [-0.4, -0.2) is 68.8 Å². The summed E-state index contributed by atoms with van der Waals surface area (Å²) in [4.78, 5) is 18.9. The van der Waals surface area contributed by atoms with Gasteiger partial charge in [0.1, 0.15) is 29.7 Å². The van der Waals surface area contributed by atoms with E-state index in [0.29, 0.717) is 98.0 Å². The number of hydrogen-bond acceptors (Lipinski definition) is 16. The first-order chi connectivity index (χ1) is 48.6. The van der Waals surface area contributed by atoms with Crippen molar-refractivity contribution in [3.63, 3.8) is 0 Å². The van der Waals surface area contributed by atoms with Crippen LogP contribution in [0.25, 0.3) is 62.0 Å². The molecule has 12 heterocycles. The van der Waals surface area contributed by atoms with E-state index in [-0.39, 0.29) is 30.3 Å². The van der Waals surface area contributed by atoms with Crippen LogP contribution < -0.4 is 31.4 Å². The number of nitrogen functional groups attached to an aromatic ring is 3. The first-order valence-corrected chi connectivity index (χ1v) is 34.8. The first kappa shape index (κ1) is 66.5. The van der Waals surface area contributed by atoms with Gasteiger partial charge in [-0.3, -0.25) is 14.0 Å². The molecule has 12 aromatic rings. The number of benzene rings is 3. The third kappa shape index (κ3) is 13.2. The van der Waals surface area contributed by atoms with Crippen molar-refractivity contribution in [2.45, 2.75) is 138 Å². The number of nitrogens with two attached hydrogens (primary N) is 3. The summed E-state index contributed by atoms with van der Waals surface area (Å²) in [5, 5.41) is 24.3. The van der Waals surface area contributed by atoms with Crippen LogP contribution in [0.3, 0.4) is 0 Å². The second-order valence-electron chi connectivity index (χ2n) is 26.9. The molecule has 3 aromatic carbocycles. The molecule has 101 heavy (non-hydrogen) atoms. The molecule has 2 fully saturated rings. The zero-order valence-corrected chi connectivity index (χ0v) is 58.5. The van der Waals surface area contributed by atoms with Crippen molar-refractivity contribution < 1.29 is 31.8 Å². The lowest BCUT2D eigenvalue weighted by atomic mass is 9.93. The first-order valence-electron chi connectivity index (χ1n) is 33.6. The van der Waals surface area contributed by atoms with Gasteiger partial charge in [-0.2, -0.15) is 34.3 Å². The lowest BCUT2D eigenvalue weighted by Gasteiger charge is -2.21. The maximum absolute atomic E-state index is 13.8. The molecule has 0 radical (unpaired) electrons. The average molecular weight is 1410 g/mol. The van der Waals surface area contributed by atoms with E-state index >= 15 is 0 Å². The van der Waals surface area contributed by atoms with E-state index < -0.39 is 13.0 Å². The van der Waals surface area contributed by atoms with Crippen LogP contribution >= 0.6 is 22.9 Å². The Bertz CT molecular complexity index is 5200. The number of hydrogen-bond donors (Lipinski definition) is 3. The Morgan fingerprint density at radius 3 is 1.78 bits per heavy atom. The predicted molar refractivity (Wildman–Crippen MR) is 381 cm³/mol. The van der Waals surface area contributed by atoms with Gasteiger partial charge in [0.15, 0.2) is 34.7 Å². The van der Waals surface area contributed by atoms with Crippen LogP contribution in [0.4, 0.5) is 35.0 Å². The second-order valence-corrected chi connectivity index (χ2v) is 28.6. The Kier molecular flexibility index (Phi) is 17.5. The molecule has 2 atom stereocenters. The third-order valence-corrected chi connectivity index (χ3v) is 20.6. The third-order valence-electron chi connectivity index (χ3n) is 19.2. The molecule has 0 saturated heterocycles. The summed E-state index contributed by atoms with van der Waals surface area (Å²) >= 11 is 8.43. The van der Waals surface area contributed by atoms with E-state index in [2.05, 4.69) is 73.0 Å². The molecular weight excluding hydrogens is 1330 g/mol. The molecule has 3 aliphatic heterocycles. The summed E-state index contributed by atoms with van der Waals surface area (Å²) in [6, 6.07) is 25.4. The van der Waals surface area contributed by atoms with Crippen molar-refractivity contribution in [1.82, 2.24) is 68.8 Å². The van der Waals surface area contributed by atoms with Gasteiger partial charge in [0.2, 0.25) is 0 Å². The molecular formula is C75H74ClF4N17O3S. The minimum Gasteiger partial charge on any atom is -0.485 e. The van der Waals surface area contributed by atoms with Gasteiger partial charge in [-0.15, -0.1) is 11.3 Å². The smallest absolute Gasteiger partial charge is 0.333 e. The normalized spacial score (nSPS) is 15.8. The molecule has 518 valence electrons. The molecule has 2 unspecified atom stereocenters. The maximum Gasteiger partial charge on any atom is 0.333 e. The number of thiazole rings is 1. The van der Waals surface area contributed by atoms with Gasteiger partial charge in [0, 0.05) is 135 Å². The van der Waals surface area contributed by atoms with Crippen LogP contribution in [0.5, 0.6) is 17.2 Å². The van der Waals surface area contributed by atoms with Crippen LogP contribution in [0.2, 0.25) is 5.15 Å². The van der Waals surface area contributed by atoms with Crippen molar-refractivity contribution in [2.24, 2.45) is 18.9 Å². The summed E-state index contributed by atoms with van der Waals surface area (Å²) in [5.74, 6) is 3.53. The molecule has 0 amide bonds. The van der Waals surface area contributed by atoms with Crippen molar-refractivity contribution in [2.75, 3.05) is 17.2 Å². The Morgan fingerprint density at radius 2 is 1.15 bits per heavy atom. The molecule has 0 spiro atoms. The highest BCUT2D eigenvalue weighted by atomic mass is 35.5. The quantitative estimate of drug-likeness (QED) is 0.131. The number of fused-ring (bicyclic) bond motifs is 21. The van der Waals surface area contributed by atoms with E-state index in [1.807, 2.05) is 101 Å². The van der Waals surface area contributed by atoms with Crippen molar-refractivity contribution in [3.05, 3.63) is 198 Å². The summed E-state index contributed by atoms with van der Waals surface area (Å²) in [6.45, 7) is 13.2. The molecule has 5 aliphatic rings. The topological polar surface area (TPSA) is 246 Å². The molecule has 6 N–H and O–H groups in total. The van der Waals surface area contributed by atoms with E-state index in [0.717, 1.165) is 124 Å². The van der Waals surface area contributed by atoms with Crippen LogP contribution in [0, 0.1) is 46.5 Å².